The molecule has 3 N–H and O–H groups in total. The second kappa shape index (κ2) is 19.6. The van der Waals surface area contributed by atoms with Gasteiger partial charge in [0, 0.05) is 13.1 Å². The van der Waals surface area contributed by atoms with E-state index in [1.165, 1.54) is 97.4 Å². The van der Waals surface area contributed by atoms with Gasteiger partial charge >= 0.3 is 6.09 Å². The van der Waals surface area contributed by atoms with Gasteiger partial charge in [0.05, 0.1) is 28.4 Å². The predicted molar refractivity (Wildman–Crippen MR) is 232 cm³/mol. The maximum atomic E-state index is 12.4. The Morgan fingerprint density at radius 1 is 0.696 bits per heavy atom. The summed E-state index contributed by atoms with van der Waals surface area (Å²) in [6.07, 6.45) is 16.8. The lowest BCUT2D eigenvalue weighted by molar-refractivity contribution is 0.0543. The first-order valence-corrected chi connectivity index (χ1v) is 20.5. The summed E-state index contributed by atoms with van der Waals surface area (Å²) < 4.78 is 6.95. The van der Waals surface area contributed by atoms with Crippen LogP contribution in [0.3, 0.4) is 0 Å². The smallest absolute Gasteiger partial charge is 0.420 e. The van der Waals surface area contributed by atoms with Crippen LogP contribution < -0.4 is 10.6 Å². The highest BCUT2D eigenvalue weighted by atomic mass is 35.5. The molecular weight excluding hydrogens is 716 g/mol. The molecule has 8 rings (SSSR count). The molecule has 0 radical (unpaired) electrons. The first-order valence-electron chi connectivity index (χ1n) is 20.5. The van der Waals surface area contributed by atoms with Crippen molar-refractivity contribution in [2.45, 2.75) is 104 Å². The second-order valence-electron chi connectivity index (χ2n) is 16.6. The van der Waals surface area contributed by atoms with Gasteiger partial charge in [-0.3, -0.25) is 0 Å². The Bertz CT molecular complexity index is 2160. The molecule has 0 amide bonds. The lowest BCUT2D eigenvalue weighted by Crippen LogP contribution is -2.26. The number of benzene rings is 4. The minimum Gasteiger partial charge on any atom is -0.443 e. The van der Waals surface area contributed by atoms with Gasteiger partial charge < -0.3 is 20.4 Å². The van der Waals surface area contributed by atoms with Gasteiger partial charge in [-0.2, -0.15) is 0 Å². The number of aromatic nitrogens is 4. The van der Waals surface area contributed by atoms with Gasteiger partial charge in [-0.05, 0) is 141 Å². The summed E-state index contributed by atoms with van der Waals surface area (Å²) in [7, 11) is 0. The number of imidazole rings is 2. The monoisotopic (exact) mass is 774 g/mol. The number of carbonyl (C=O) groups excluding carboxylic acids is 1. The maximum Gasteiger partial charge on any atom is 0.420 e. The Morgan fingerprint density at radius 2 is 1.25 bits per heavy atom. The minimum atomic E-state index is -0.543. The molecule has 2 aromatic heterocycles. The molecule has 6 aromatic rings. The van der Waals surface area contributed by atoms with Crippen LogP contribution in [0.4, 0.5) is 4.79 Å². The average molecular weight is 775 g/mol. The number of halogens is 1. The van der Waals surface area contributed by atoms with Crippen LogP contribution in [-0.2, 0) is 17.8 Å². The number of rotatable bonds is 10. The van der Waals surface area contributed by atoms with Crippen molar-refractivity contribution in [2.24, 2.45) is 11.8 Å². The summed E-state index contributed by atoms with van der Waals surface area (Å²) in [6.45, 7) is 9.69. The Hall–Kier alpha value is -4.50. The summed E-state index contributed by atoms with van der Waals surface area (Å²) in [5, 5.41) is 7.31. The number of ether oxygens (including phenoxy) is 1. The van der Waals surface area contributed by atoms with Crippen molar-refractivity contribution in [1.29, 1.82) is 0 Å². The fourth-order valence-electron chi connectivity index (χ4n) is 8.11. The fourth-order valence-corrected chi connectivity index (χ4v) is 8.11. The van der Waals surface area contributed by atoms with E-state index in [9.17, 15) is 4.79 Å². The van der Waals surface area contributed by atoms with E-state index >= 15 is 0 Å². The SMILES string of the molecule is CC(C)(C)OC(=O)n1cnc2cc(-c3cccc(CNCC4CCCCC4)c3)ccc21.Cl.c1cc(CNCC2CCCCC2)cc(-c2ccc3nc[nH]c3c2)c1. The van der Waals surface area contributed by atoms with Gasteiger partial charge in [0.2, 0.25) is 0 Å². The van der Waals surface area contributed by atoms with Crippen molar-refractivity contribution >= 4 is 40.6 Å². The standard InChI is InChI=1S/C26H33N3O2.C21H25N3.ClH/c1-26(2,3)31-25(30)29-18-28-23-15-22(12-13-24(23)29)21-11-7-10-20(14-21)17-27-16-19-8-5-4-6-9-19;1-2-5-16(6-3-1)13-22-14-17-7-4-8-18(11-17)19-9-10-20-21(12-19)24-15-23-20;/h7,10-15,18-19,27H,4-6,8-9,16-17H2,1-3H3;4,7-12,15-16,22H,1-3,5-6,13-14H2,(H,23,24);1H. The van der Waals surface area contributed by atoms with E-state index in [0.717, 1.165) is 71.2 Å². The van der Waals surface area contributed by atoms with Crippen LogP contribution in [0.1, 0.15) is 96.1 Å². The molecule has 2 saturated carbocycles. The highest BCUT2D eigenvalue weighted by molar-refractivity contribution is 5.89. The Labute approximate surface area is 338 Å². The second-order valence-corrected chi connectivity index (χ2v) is 16.6. The van der Waals surface area contributed by atoms with Crippen LogP contribution in [0.15, 0.2) is 97.6 Å². The van der Waals surface area contributed by atoms with Crippen molar-refractivity contribution in [2.75, 3.05) is 13.1 Å². The van der Waals surface area contributed by atoms with Crippen LogP contribution in [0.25, 0.3) is 44.3 Å². The molecule has 2 heterocycles. The summed E-state index contributed by atoms with van der Waals surface area (Å²) in [5.74, 6) is 1.71. The minimum absolute atomic E-state index is 0. The third-order valence-electron chi connectivity index (χ3n) is 11.1. The molecule has 4 aromatic carbocycles. The predicted octanol–water partition coefficient (Wildman–Crippen LogP) is 11.5. The van der Waals surface area contributed by atoms with Crippen molar-refractivity contribution in [3.05, 3.63) is 109 Å². The number of fused-ring (bicyclic) bond motifs is 2. The first-order chi connectivity index (χ1) is 26.8. The number of nitrogens with zero attached hydrogens (tertiary/aromatic N) is 3. The van der Waals surface area contributed by atoms with E-state index in [4.69, 9.17) is 4.74 Å². The Kier molecular flexibility index (Phi) is 14.4. The summed E-state index contributed by atoms with van der Waals surface area (Å²) >= 11 is 0. The zero-order valence-electron chi connectivity index (χ0n) is 33.4. The van der Waals surface area contributed by atoms with E-state index in [-0.39, 0.29) is 12.4 Å². The van der Waals surface area contributed by atoms with Crippen molar-refractivity contribution in [1.82, 2.24) is 30.2 Å². The number of H-pyrrole nitrogens is 1. The molecule has 2 aliphatic rings. The van der Waals surface area contributed by atoms with Crippen LogP contribution in [-0.4, -0.2) is 44.3 Å². The molecule has 8 nitrogen and oxygen atoms in total. The molecule has 296 valence electrons. The average Bonchev–Trinajstić information content (AvgIpc) is 3.86. The van der Waals surface area contributed by atoms with E-state index in [1.54, 1.807) is 6.33 Å². The Morgan fingerprint density at radius 3 is 1.84 bits per heavy atom. The number of nitrogens with one attached hydrogen (secondary N) is 3. The van der Waals surface area contributed by atoms with Crippen molar-refractivity contribution < 1.29 is 9.53 Å². The first kappa shape index (κ1) is 41.1. The van der Waals surface area contributed by atoms with Gasteiger partial charge in [-0.25, -0.2) is 19.3 Å². The quantitative estimate of drug-likeness (QED) is 0.128. The molecule has 0 unspecified atom stereocenters. The van der Waals surface area contributed by atoms with E-state index < -0.39 is 11.7 Å². The van der Waals surface area contributed by atoms with Gasteiger partial charge in [-0.1, -0.05) is 87.1 Å². The summed E-state index contributed by atoms with van der Waals surface area (Å²) in [6, 6.07) is 29.9. The Balaban J connectivity index is 0.000000192. The largest absolute Gasteiger partial charge is 0.443 e. The van der Waals surface area contributed by atoms with Crippen LogP contribution in [0.5, 0.6) is 0 Å². The highest BCUT2D eigenvalue weighted by Gasteiger charge is 2.20. The van der Waals surface area contributed by atoms with E-state index in [1.807, 2.05) is 39.0 Å². The zero-order valence-corrected chi connectivity index (χ0v) is 34.2. The number of aromatic amines is 1. The topological polar surface area (TPSA) is 96.9 Å². The van der Waals surface area contributed by atoms with E-state index in [2.05, 4.69) is 92.3 Å². The van der Waals surface area contributed by atoms with Gasteiger partial charge in [0.1, 0.15) is 11.9 Å². The fraction of sp³-hybridized carbons (Fsp3) is 0.426. The van der Waals surface area contributed by atoms with Gasteiger partial charge in [0.15, 0.2) is 0 Å². The zero-order chi connectivity index (χ0) is 38.0. The number of carbonyl (C=O) groups is 1. The number of hydrogen-bond acceptors (Lipinski definition) is 6. The van der Waals surface area contributed by atoms with Crippen molar-refractivity contribution in [3.63, 3.8) is 0 Å². The lowest BCUT2D eigenvalue weighted by Gasteiger charge is -2.21. The van der Waals surface area contributed by atoms with Gasteiger partial charge in [0.25, 0.3) is 0 Å². The molecule has 0 saturated heterocycles. The number of hydrogen-bond donors (Lipinski definition) is 3. The van der Waals surface area contributed by atoms with Crippen molar-refractivity contribution in [3.8, 4) is 22.3 Å². The molecule has 0 aliphatic heterocycles. The maximum absolute atomic E-state index is 12.4. The van der Waals surface area contributed by atoms with Crippen LogP contribution in [0, 0.1) is 11.8 Å². The molecule has 2 aliphatic carbocycles. The molecule has 2 fully saturated rings. The van der Waals surface area contributed by atoms with Gasteiger partial charge in [-0.15, -0.1) is 12.4 Å². The normalized spacial score (nSPS) is 15.3. The van der Waals surface area contributed by atoms with E-state index in [0.29, 0.717) is 0 Å². The van der Waals surface area contributed by atoms with Crippen LogP contribution >= 0.6 is 12.4 Å². The third kappa shape index (κ3) is 11.3. The third-order valence-corrected chi connectivity index (χ3v) is 11.1. The lowest BCUT2D eigenvalue weighted by atomic mass is 9.89. The molecule has 0 spiro atoms. The summed E-state index contributed by atoms with van der Waals surface area (Å²) in [5.41, 5.74) is 10.5. The highest BCUT2D eigenvalue weighted by Crippen LogP contribution is 2.28. The molecule has 0 atom stereocenters. The molecule has 56 heavy (non-hydrogen) atoms. The molecule has 9 heteroatoms. The molecular formula is C47H59ClN6O2. The van der Waals surface area contributed by atoms with Crippen LogP contribution in [0.2, 0.25) is 0 Å². The summed E-state index contributed by atoms with van der Waals surface area (Å²) in [4.78, 5) is 24.4. The molecule has 0 bridgehead atoms.